The minimum absolute atomic E-state index is 0.794. The summed E-state index contributed by atoms with van der Waals surface area (Å²) >= 11 is 0. The monoisotopic (exact) mass is 284 g/mol. The molecule has 1 aromatic rings. The molecule has 0 aliphatic heterocycles. The summed E-state index contributed by atoms with van der Waals surface area (Å²) in [6.07, 6.45) is 7.52. The smallest absolute Gasteiger partial charge is 0.0361 e. The maximum atomic E-state index is 3.88. The molecule has 2 bridgehead atoms. The number of nitrogens with zero attached hydrogens (tertiary/aromatic N) is 1. The van der Waals surface area contributed by atoms with Gasteiger partial charge in [0.15, 0.2) is 0 Å². The Labute approximate surface area is 128 Å². The van der Waals surface area contributed by atoms with Crippen molar-refractivity contribution in [3.05, 3.63) is 29.8 Å². The average Bonchev–Trinajstić information content (AvgIpc) is 3.17. The largest absolute Gasteiger partial charge is 0.378 e. The molecule has 0 amide bonds. The first-order valence-electron chi connectivity index (χ1n) is 8.72. The summed E-state index contributed by atoms with van der Waals surface area (Å²) in [5.74, 6) is 4.21. The molecule has 3 fully saturated rings. The molecule has 114 valence electrons. The van der Waals surface area contributed by atoms with Crippen LogP contribution in [0, 0.1) is 23.7 Å². The van der Waals surface area contributed by atoms with E-state index in [1.807, 2.05) is 0 Å². The van der Waals surface area contributed by atoms with Gasteiger partial charge < -0.3 is 10.2 Å². The lowest BCUT2D eigenvalue weighted by Gasteiger charge is -2.32. The quantitative estimate of drug-likeness (QED) is 0.907. The Morgan fingerprint density at radius 1 is 1.00 bits per heavy atom. The number of rotatable bonds is 4. The predicted octanol–water partition coefficient (Wildman–Crippen LogP) is 3.67. The van der Waals surface area contributed by atoms with Crippen molar-refractivity contribution in [2.24, 2.45) is 23.7 Å². The van der Waals surface area contributed by atoms with Crippen molar-refractivity contribution in [2.45, 2.75) is 44.7 Å². The van der Waals surface area contributed by atoms with E-state index in [-0.39, 0.29) is 0 Å². The van der Waals surface area contributed by atoms with Crippen LogP contribution in [-0.4, -0.2) is 20.1 Å². The second-order valence-corrected chi connectivity index (χ2v) is 7.70. The molecular formula is C19H28N2. The molecule has 0 saturated heterocycles. The van der Waals surface area contributed by atoms with Crippen molar-refractivity contribution in [3.8, 4) is 0 Å². The average molecular weight is 284 g/mol. The molecule has 21 heavy (non-hydrogen) atoms. The van der Waals surface area contributed by atoms with E-state index in [1.54, 1.807) is 0 Å². The Morgan fingerprint density at radius 3 is 2.52 bits per heavy atom. The van der Waals surface area contributed by atoms with Crippen molar-refractivity contribution in [3.63, 3.8) is 0 Å². The fraction of sp³-hybridized carbons (Fsp3) is 0.684. The summed E-state index contributed by atoms with van der Waals surface area (Å²) < 4.78 is 0. The third-order valence-corrected chi connectivity index (χ3v) is 6.45. The number of nitrogens with one attached hydrogen (secondary N) is 1. The molecule has 5 unspecified atom stereocenters. The third kappa shape index (κ3) is 2.38. The minimum atomic E-state index is 0.794. The summed E-state index contributed by atoms with van der Waals surface area (Å²) in [6.45, 7) is 1.04. The highest BCUT2D eigenvalue weighted by molar-refractivity contribution is 5.45. The Balaban J connectivity index is 1.35. The van der Waals surface area contributed by atoms with Crippen LogP contribution in [0.2, 0.25) is 0 Å². The molecule has 3 aliphatic rings. The summed E-state index contributed by atoms with van der Waals surface area (Å²) in [4.78, 5) is 2.16. The van der Waals surface area contributed by atoms with Gasteiger partial charge in [-0.3, -0.25) is 0 Å². The molecule has 2 nitrogen and oxygen atoms in total. The van der Waals surface area contributed by atoms with Gasteiger partial charge in [0.25, 0.3) is 0 Å². The Kier molecular flexibility index (Phi) is 3.45. The van der Waals surface area contributed by atoms with Crippen LogP contribution >= 0.6 is 0 Å². The lowest BCUT2D eigenvalue weighted by molar-refractivity contribution is 0.208. The first kappa shape index (κ1) is 13.6. The Bertz CT molecular complexity index is 493. The van der Waals surface area contributed by atoms with Crippen LogP contribution in [0.4, 0.5) is 5.69 Å². The maximum Gasteiger partial charge on any atom is 0.0361 e. The van der Waals surface area contributed by atoms with Gasteiger partial charge in [0, 0.05) is 32.4 Å². The normalized spacial score (nSPS) is 37.0. The van der Waals surface area contributed by atoms with Gasteiger partial charge >= 0.3 is 0 Å². The SMILES string of the molecule is CN(C)c1ccc(CNC2CC3CC2C2CCCC32)cc1. The molecule has 3 saturated carbocycles. The predicted molar refractivity (Wildman–Crippen MR) is 88.4 cm³/mol. The molecule has 5 atom stereocenters. The maximum absolute atomic E-state index is 3.88. The summed E-state index contributed by atoms with van der Waals surface area (Å²) in [6, 6.07) is 9.79. The van der Waals surface area contributed by atoms with Crippen LogP contribution in [0.25, 0.3) is 0 Å². The van der Waals surface area contributed by atoms with Crippen LogP contribution in [0.15, 0.2) is 24.3 Å². The van der Waals surface area contributed by atoms with Crippen LogP contribution in [0.5, 0.6) is 0 Å². The van der Waals surface area contributed by atoms with Crippen molar-refractivity contribution < 1.29 is 0 Å². The molecule has 1 aromatic carbocycles. The van der Waals surface area contributed by atoms with E-state index in [9.17, 15) is 0 Å². The number of fused-ring (bicyclic) bond motifs is 5. The number of benzene rings is 1. The van der Waals surface area contributed by atoms with E-state index in [0.29, 0.717) is 0 Å². The van der Waals surface area contributed by atoms with Gasteiger partial charge in [0.2, 0.25) is 0 Å². The number of hydrogen-bond donors (Lipinski definition) is 1. The molecule has 3 aliphatic carbocycles. The first-order chi connectivity index (χ1) is 10.2. The Morgan fingerprint density at radius 2 is 1.76 bits per heavy atom. The van der Waals surface area contributed by atoms with Gasteiger partial charge in [-0.15, -0.1) is 0 Å². The van der Waals surface area contributed by atoms with E-state index >= 15 is 0 Å². The van der Waals surface area contributed by atoms with Gasteiger partial charge in [0.1, 0.15) is 0 Å². The highest BCUT2D eigenvalue weighted by Gasteiger charge is 2.53. The van der Waals surface area contributed by atoms with E-state index in [4.69, 9.17) is 0 Å². The fourth-order valence-electron chi connectivity index (χ4n) is 5.46. The van der Waals surface area contributed by atoms with Gasteiger partial charge in [-0.25, -0.2) is 0 Å². The molecule has 4 rings (SSSR count). The molecular weight excluding hydrogens is 256 g/mol. The summed E-state index contributed by atoms with van der Waals surface area (Å²) in [7, 11) is 4.20. The van der Waals surface area contributed by atoms with Crippen LogP contribution < -0.4 is 10.2 Å². The molecule has 2 heteroatoms. The van der Waals surface area contributed by atoms with Crippen molar-refractivity contribution >= 4 is 5.69 Å². The zero-order chi connectivity index (χ0) is 14.4. The molecule has 0 spiro atoms. The van der Waals surface area contributed by atoms with Crippen molar-refractivity contribution in [1.82, 2.24) is 5.32 Å². The van der Waals surface area contributed by atoms with Gasteiger partial charge in [-0.2, -0.15) is 0 Å². The second kappa shape index (κ2) is 5.31. The highest BCUT2D eigenvalue weighted by Crippen LogP contribution is 2.58. The molecule has 0 radical (unpaired) electrons. The van der Waals surface area contributed by atoms with Crippen molar-refractivity contribution in [1.29, 1.82) is 0 Å². The third-order valence-electron chi connectivity index (χ3n) is 6.45. The zero-order valence-corrected chi connectivity index (χ0v) is 13.4. The number of anilines is 1. The summed E-state index contributed by atoms with van der Waals surface area (Å²) in [5.41, 5.74) is 2.71. The van der Waals surface area contributed by atoms with E-state index < -0.39 is 0 Å². The van der Waals surface area contributed by atoms with Gasteiger partial charge in [-0.1, -0.05) is 18.6 Å². The van der Waals surface area contributed by atoms with Gasteiger partial charge in [0.05, 0.1) is 0 Å². The van der Waals surface area contributed by atoms with E-state index in [0.717, 1.165) is 36.3 Å². The van der Waals surface area contributed by atoms with Gasteiger partial charge in [-0.05, 0) is 67.1 Å². The lowest BCUT2D eigenvalue weighted by atomic mass is 9.79. The van der Waals surface area contributed by atoms with Crippen LogP contribution in [0.3, 0.4) is 0 Å². The summed E-state index contributed by atoms with van der Waals surface area (Å²) in [5, 5.41) is 3.88. The molecule has 0 aromatic heterocycles. The molecule has 1 N–H and O–H groups in total. The highest BCUT2D eigenvalue weighted by atomic mass is 15.1. The van der Waals surface area contributed by atoms with E-state index in [2.05, 4.69) is 48.6 Å². The Hall–Kier alpha value is -1.02. The number of hydrogen-bond acceptors (Lipinski definition) is 2. The van der Waals surface area contributed by atoms with Crippen LogP contribution in [-0.2, 0) is 6.54 Å². The topological polar surface area (TPSA) is 15.3 Å². The first-order valence-corrected chi connectivity index (χ1v) is 8.72. The molecule has 0 heterocycles. The second-order valence-electron chi connectivity index (χ2n) is 7.70. The van der Waals surface area contributed by atoms with Crippen molar-refractivity contribution in [2.75, 3.05) is 19.0 Å². The standard InChI is InChI=1S/C19H28N2/c1-21(2)15-8-6-13(7-9-15)12-20-19-11-14-10-18(19)17-5-3-4-16(14)17/h6-9,14,16-20H,3-5,10-12H2,1-2H3. The minimum Gasteiger partial charge on any atom is -0.378 e. The van der Waals surface area contributed by atoms with E-state index in [1.165, 1.54) is 43.4 Å². The fourth-order valence-corrected chi connectivity index (χ4v) is 5.46. The van der Waals surface area contributed by atoms with Crippen LogP contribution in [0.1, 0.15) is 37.7 Å². The zero-order valence-electron chi connectivity index (χ0n) is 13.4. The lowest BCUT2D eigenvalue weighted by Crippen LogP contribution is -2.38.